The lowest BCUT2D eigenvalue weighted by molar-refractivity contribution is -0.386. The van der Waals surface area contributed by atoms with Crippen LogP contribution in [0.1, 0.15) is 38.0 Å². The van der Waals surface area contributed by atoms with E-state index in [4.69, 9.17) is 23.1 Å². The Morgan fingerprint density at radius 2 is 1.73 bits per heavy atom. The highest BCUT2D eigenvalue weighted by Gasteiger charge is 2.50. The highest BCUT2D eigenvalue weighted by molar-refractivity contribution is 7.86. The molecular formula is C27H36N2O10S. The van der Waals surface area contributed by atoms with Gasteiger partial charge in [0.1, 0.15) is 24.5 Å². The molecule has 0 saturated carbocycles. The van der Waals surface area contributed by atoms with E-state index in [1.807, 2.05) is 6.92 Å². The maximum absolute atomic E-state index is 13.2. The molecule has 1 heterocycles. The van der Waals surface area contributed by atoms with Crippen molar-refractivity contribution in [3.8, 4) is 0 Å². The number of aryl methyl sites for hydroxylation is 1. The van der Waals surface area contributed by atoms with Crippen LogP contribution in [0.2, 0.25) is 0 Å². The summed E-state index contributed by atoms with van der Waals surface area (Å²) in [5.74, 6) is 0. The minimum atomic E-state index is -4.14. The lowest BCUT2D eigenvalue weighted by Gasteiger charge is -2.31. The summed E-state index contributed by atoms with van der Waals surface area (Å²) in [4.78, 5) is 25.9. The van der Waals surface area contributed by atoms with E-state index >= 15 is 0 Å². The summed E-state index contributed by atoms with van der Waals surface area (Å²) in [5.41, 5.74) is 0.151. The van der Waals surface area contributed by atoms with Crippen LogP contribution < -0.4 is 0 Å². The fourth-order valence-corrected chi connectivity index (χ4v) is 5.32. The van der Waals surface area contributed by atoms with Gasteiger partial charge < -0.3 is 18.9 Å². The van der Waals surface area contributed by atoms with Crippen molar-refractivity contribution < 1.29 is 41.3 Å². The first-order valence-electron chi connectivity index (χ1n) is 12.6. The quantitative estimate of drug-likeness (QED) is 0.172. The van der Waals surface area contributed by atoms with Crippen molar-refractivity contribution in [3.05, 3.63) is 69.8 Å². The van der Waals surface area contributed by atoms with Gasteiger partial charge in [-0.2, -0.15) is 8.42 Å². The Labute approximate surface area is 234 Å². The summed E-state index contributed by atoms with van der Waals surface area (Å²) in [6.07, 6.45) is -5.84. The smallest absolute Gasteiger partial charge is 0.425 e. The number of ether oxygens (including phenoxy) is 4. The minimum Gasteiger partial charge on any atom is -0.425 e. The number of para-hydroxylation sites is 1. The Morgan fingerprint density at radius 3 is 2.27 bits per heavy atom. The molecule has 12 nitrogen and oxygen atoms in total. The Kier molecular flexibility index (Phi) is 9.90. The lowest BCUT2D eigenvalue weighted by Crippen LogP contribution is -2.44. The lowest BCUT2D eigenvalue weighted by atomic mass is 9.84. The second-order valence-corrected chi connectivity index (χ2v) is 12.4. The van der Waals surface area contributed by atoms with Gasteiger partial charge in [0.05, 0.1) is 22.0 Å². The van der Waals surface area contributed by atoms with Gasteiger partial charge in [0.15, 0.2) is 6.10 Å². The second kappa shape index (κ2) is 12.6. The standard InChI is InChI=1S/C27H36N2O10S/c1-17-12-14-18(15-13-17)40(33,34)36-16-21-22(23(35-7)25(37-21)28(5)6)38-26(30)39-24(27(2,3)4)19-10-8-9-11-20(19)29(31)32/h8-15,21-25H,16H2,1-7H3/t21-,22+,23?,24?,25-/m1/s1. The number of rotatable bonds is 10. The highest BCUT2D eigenvalue weighted by atomic mass is 32.2. The third-order valence-electron chi connectivity index (χ3n) is 6.41. The summed E-state index contributed by atoms with van der Waals surface area (Å²) in [6.45, 7) is 6.68. The zero-order chi connectivity index (χ0) is 29.8. The Morgan fingerprint density at radius 1 is 1.10 bits per heavy atom. The zero-order valence-electron chi connectivity index (χ0n) is 23.6. The number of benzene rings is 2. The van der Waals surface area contributed by atoms with Gasteiger partial charge in [-0.3, -0.25) is 19.2 Å². The Hall–Kier alpha value is -3.10. The largest absolute Gasteiger partial charge is 0.509 e. The van der Waals surface area contributed by atoms with Crippen LogP contribution in [0, 0.1) is 22.5 Å². The van der Waals surface area contributed by atoms with Crippen molar-refractivity contribution in [2.45, 2.75) is 63.2 Å². The molecule has 2 unspecified atom stereocenters. The summed E-state index contributed by atoms with van der Waals surface area (Å²) < 4.78 is 53.7. The molecule has 0 bridgehead atoms. The first kappa shape index (κ1) is 31.4. The van der Waals surface area contributed by atoms with Gasteiger partial charge in [-0.05, 0) is 39.2 Å². The fraction of sp³-hybridized carbons (Fsp3) is 0.519. The van der Waals surface area contributed by atoms with Crippen LogP contribution in [0.25, 0.3) is 0 Å². The summed E-state index contributed by atoms with van der Waals surface area (Å²) in [5, 5.41) is 11.6. The molecule has 1 fully saturated rings. The van der Waals surface area contributed by atoms with E-state index in [1.54, 1.807) is 58.0 Å². The number of nitro benzene ring substituents is 1. The number of nitro groups is 1. The monoisotopic (exact) mass is 580 g/mol. The average Bonchev–Trinajstić information content (AvgIpc) is 3.23. The van der Waals surface area contributed by atoms with Gasteiger partial charge in [0.25, 0.3) is 15.8 Å². The molecule has 0 spiro atoms. The number of carbonyl (C=O) groups is 1. The maximum atomic E-state index is 13.2. The molecule has 2 aromatic rings. The first-order chi connectivity index (χ1) is 18.7. The molecule has 3 rings (SSSR count). The number of hydrogen-bond donors (Lipinski definition) is 0. The molecule has 0 N–H and O–H groups in total. The van der Waals surface area contributed by atoms with Crippen molar-refractivity contribution in [2.75, 3.05) is 27.8 Å². The fourth-order valence-electron chi connectivity index (χ4n) is 4.40. The highest BCUT2D eigenvalue weighted by Crippen LogP contribution is 2.41. The van der Waals surface area contributed by atoms with E-state index < -0.39 is 63.9 Å². The van der Waals surface area contributed by atoms with Crippen LogP contribution in [0.15, 0.2) is 53.4 Å². The molecule has 0 radical (unpaired) electrons. The predicted molar refractivity (Wildman–Crippen MR) is 144 cm³/mol. The molecule has 0 aromatic heterocycles. The van der Waals surface area contributed by atoms with E-state index in [1.165, 1.54) is 37.4 Å². The van der Waals surface area contributed by atoms with E-state index in [9.17, 15) is 23.3 Å². The molecule has 0 amide bonds. The molecule has 2 aromatic carbocycles. The van der Waals surface area contributed by atoms with Crippen molar-refractivity contribution in [1.29, 1.82) is 0 Å². The number of nitrogens with zero attached hydrogens (tertiary/aromatic N) is 2. The van der Waals surface area contributed by atoms with Gasteiger partial charge >= 0.3 is 6.16 Å². The summed E-state index contributed by atoms with van der Waals surface area (Å²) in [7, 11) is 0.720. The normalized spacial score (nSPS) is 22.2. The van der Waals surface area contributed by atoms with Gasteiger partial charge in [-0.15, -0.1) is 0 Å². The third kappa shape index (κ3) is 7.34. The van der Waals surface area contributed by atoms with Crippen LogP contribution in [-0.2, 0) is 33.2 Å². The van der Waals surface area contributed by atoms with Crippen molar-refractivity contribution in [1.82, 2.24) is 4.90 Å². The van der Waals surface area contributed by atoms with Crippen LogP contribution >= 0.6 is 0 Å². The van der Waals surface area contributed by atoms with E-state index in [2.05, 4.69) is 0 Å². The number of hydrogen-bond acceptors (Lipinski definition) is 11. The molecule has 1 aliphatic heterocycles. The molecule has 40 heavy (non-hydrogen) atoms. The van der Waals surface area contributed by atoms with Crippen LogP contribution in [0.3, 0.4) is 0 Å². The Balaban J connectivity index is 1.84. The summed E-state index contributed by atoms with van der Waals surface area (Å²) >= 11 is 0. The topological polar surface area (TPSA) is 144 Å². The molecule has 5 atom stereocenters. The molecule has 1 aliphatic rings. The second-order valence-electron chi connectivity index (χ2n) is 10.8. The molecule has 0 aliphatic carbocycles. The molecule has 13 heteroatoms. The van der Waals surface area contributed by atoms with E-state index in [0.717, 1.165) is 5.56 Å². The number of carbonyl (C=O) groups excluding carboxylic acids is 1. The van der Waals surface area contributed by atoms with Crippen LogP contribution in [-0.4, -0.2) is 76.7 Å². The average molecular weight is 581 g/mol. The SMILES string of the molecule is COC1[C@@H](OC(=O)OC(c2ccccc2[N+](=O)[O-])C(C)(C)C)[C@@H](COS(=O)(=O)c2ccc(C)cc2)O[C@H]1N(C)C. The third-order valence-corrected chi connectivity index (χ3v) is 7.71. The van der Waals surface area contributed by atoms with Crippen LogP contribution in [0.5, 0.6) is 0 Å². The van der Waals surface area contributed by atoms with Gasteiger partial charge in [-0.25, -0.2) is 4.79 Å². The number of methoxy groups -OCH3 is 1. The van der Waals surface area contributed by atoms with Gasteiger partial charge in [0, 0.05) is 18.6 Å². The maximum Gasteiger partial charge on any atom is 0.509 e. The first-order valence-corrected chi connectivity index (χ1v) is 14.0. The molecular weight excluding hydrogens is 544 g/mol. The van der Waals surface area contributed by atoms with E-state index in [0.29, 0.717) is 0 Å². The van der Waals surface area contributed by atoms with Crippen molar-refractivity contribution in [3.63, 3.8) is 0 Å². The zero-order valence-corrected chi connectivity index (χ0v) is 24.4. The van der Waals surface area contributed by atoms with E-state index in [-0.39, 0.29) is 16.1 Å². The predicted octanol–water partition coefficient (Wildman–Crippen LogP) is 4.22. The number of likely N-dealkylation sites (N-methyl/N-ethyl adjacent to an activating group) is 1. The molecule has 220 valence electrons. The Bertz CT molecular complexity index is 1290. The van der Waals surface area contributed by atoms with Crippen LogP contribution in [0.4, 0.5) is 10.5 Å². The minimum absolute atomic E-state index is 0.0297. The van der Waals surface area contributed by atoms with Gasteiger partial charge in [0.2, 0.25) is 0 Å². The van der Waals surface area contributed by atoms with Crippen molar-refractivity contribution in [2.24, 2.45) is 5.41 Å². The summed E-state index contributed by atoms with van der Waals surface area (Å²) in [6, 6.07) is 12.2. The molecule has 1 saturated heterocycles. The van der Waals surface area contributed by atoms with Crippen molar-refractivity contribution >= 4 is 22.0 Å². The van der Waals surface area contributed by atoms with Gasteiger partial charge in [-0.1, -0.05) is 50.6 Å².